The summed E-state index contributed by atoms with van der Waals surface area (Å²) < 4.78 is 0. The minimum Gasteiger partial charge on any atom is -0.339 e. The second kappa shape index (κ2) is 15.2. The highest BCUT2D eigenvalue weighted by molar-refractivity contribution is 5.82. The quantitative estimate of drug-likeness (QED) is 0.586. The number of hydrogen-bond acceptors (Lipinski definition) is 6. The molecule has 0 aliphatic carbocycles. The average Bonchev–Trinajstić information content (AvgIpc) is 2.71. The first-order valence-electron chi connectivity index (χ1n) is 11.5. The maximum atomic E-state index is 13.3. The summed E-state index contributed by atoms with van der Waals surface area (Å²) in [5, 5.41) is 6.71. The molecule has 1 saturated heterocycles. The predicted octanol–water partition coefficient (Wildman–Crippen LogP) is 0.382. The lowest BCUT2D eigenvalue weighted by molar-refractivity contribution is -0.133. The molecule has 28 heavy (non-hydrogen) atoms. The molecule has 1 heterocycles. The molecule has 0 radical (unpaired) electrons. The molecule has 1 aliphatic heterocycles. The van der Waals surface area contributed by atoms with Crippen LogP contribution in [-0.4, -0.2) is 123 Å². The Morgan fingerprint density at radius 1 is 0.714 bits per heavy atom. The van der Waals surface area contributed by atoms with Gasteiger partial charge in [0.25, 0.3) is 0 Å². The van der Waals surface area contributed by atoms with Crippen molar-refractivity contribution >= 4 is 5.91 Å². The molecule has 1 rings (SSSR count). The van der Waals surface area contributed by atoms with E-state index in [4.69, 9.17) is 0 Å². The molecule has 1 amide bonds. The summed E-state index contributed by atoms with van der Waals surface area (Å²) in [5.74, 6) is 0.238. The molecule has 1 aliphatic rings. The van der Waals surface area contributed by atoms with E-state index in [0.29, 0.717) is 6.54 Å². The van der Waals surface area contributed by atoms with Gasteiger partial charge in [-0.25, -0.2) is 0 Å². The molecule has 0 aromatic heterocycles. The van der Waals surface area contributed by atoms with Crippen molar-refractivity contribution in [3.05, 3.63) is 0 Å². The molecule has 0 aromatic carbocycles. The first-order valence-corrected chi connectivity index (χ1v) is 11.5. The van der Waals surface area contributed by atoms with Crippen LogP contribution < -0.4 is 10.6 Å². The summed E-state index contributed by atoms with van der Waals surface area (Å²) in [4.78, 5) is 22.9. The summed E-state index contributed by atoms with van der Waals surface area (Å²) in [6.45, 7) is 24.3. The van der Waals surface area contributed by atoms with Gasteiger partial charge in [-0.1, -0.05) is 34.6 Å². The van der Waals surface area contributed by atoms with Crippen LogP contribution in [0.4, 0.5) is 0 Å². The molecular weight excluding hydrogens is 352 g/mol. The minimum atomic E-state index is -0.140. The highest BCUT2D eigenvalue weighted by atomic mass is 16.2. The van der Waals surface area contributed by atoms with Crippen LogP contribution in [0, 0.1) is 0 Å². The standard InChI is InChI=1S/C21H46N6O/c1-6-22-19-20(23-7-2)21(28)27-17-15-25(9-4)13-11-24(8-3)12-14-26(10-5)16-18-27/h20,22-23H,6-19H2,1-5H3. The van der Waals surface area contributed by atoms with Gasteiger partial charge in [0.1, 0.15) is 0 Å². The summed E-state index contributed by atoms with van der Waals surface area (Å²) in [6.07, 6.45) is 0. The Balaban J connectivity index is 2.85. The fourth-order valence-electron chi connectivity index (χ4n) is 3.71. The van der Waals surface area contributed by atoms with Gasteiger partial charge in [0, 0.05) is 58.9 Å². The average molecular weight is 399 g/mol. The van der Waals surface area contributed by atoms with Crippen molar-refractivity contribution in [2.24, 2.45) is 0 Å². The third-order valence-corrected chi connectivity index (χ3v) is 5.84. The largest absolute Gasteiger partial charge is 0.339 e. The highest BCUT2D eigenvalue weighted by Crippen LogP contribution is 2.03. The van der Waals surface area contributed by atoms with Gasteiger partial charge < -0.3 is 30.2 Å². The van der Waals surface area contributed by atoms with Crippen molar-refractivity contribution in [2.75, 3.05) is 91.6 Å². The van der Waals surface area contributed by atoms with E-state index < -0.39 is 0 Å². The number of nitrogens with one attached hydrogen (secondary N) is 2. The molecule has 0 saturated carbocycles. The molecule has 166 valence electrons. The van der Waals surface area contributed by atoms with Crippen LogP contribution in [0.3, 0.4) is 0 Å². The third kappa shape index (κ3) is 9.18. The van der Waals surface area contributed by atoms with Crippen molar-refractivity contribution in [3.63, 3.8) is 0 Å². The Morgan fingerprint density at radius 3 is 1.50 bits per heavy atom. The fourth-order valence-corrected chi connectivity index (χ4v) is 3.71. The molecule has 0 bridgehead atoms. The number of hydrogen-bond donors (Lipinski definition) is 2. The van der Waals surface area contributed by atoms with Gasteiger partial charge in [-0.15, -0.1) is 0 Å². The Hall–Kier alpha value is -0.730. The van der Waals surface area contributed by atoms with E-state index in [9.17, 15) is 4.79 Å². The molecular formula is C21H46N6O. The van der Waals surface area contributed by atoms with Gasteiger partial charge in [0.15, 0.2) is 0 Å². The summed E-state index contributed by atoms with van der Waals surface area (Å²) >= 11 is 0. The van der Waals surface area contributed by atoms with E-state index in [1.165, 1.54) is 0 Å². The molecule has 1 atom stereocenters. The molecule has 0 spiro atoms. The van der Waals surface area contributed by atoms with Crippen molar-refractivity contribution in [3.8, 4) is 0 Å². The van der Waals surface area contributed by atoms with Gasteiger partial charge >= 0.3 is 0 Å². The van der Waals surface area contributed by atoms with Gasteiger partial charge in [0.05, 0.1) is 6.04 Å². The molecule has 7 nitrogen and oxygen atoms in total. The Kier molecular flexibility index (Phi) is 13.7. The SMILES string of the molecule is CCNCC(NCC)C(=O)N1CCN(CC)CCN(CC)CCN(CC)CC1. The highest BCUT2D eigenvalue weighted by Gasteiger charge is 2.24. The van der Waals surface area contributed by atoms with Crippen molar-refractivity contribution in [2.45, 2.75) is 40.7 Å². The zero-order chi connectivity index (χ0) is 20.8. The number of carbonyl (C=O) groups excluding carboxylic acids is 1. The molecule has 0 aromatic rings. The van der Waals surface area contributed by atoms with E-state index in [2.05, 4.69) is 64.9 Å². The Bertz CT molecular complexity index is 388. The second-order valence-electron chi connectivity index (χ2n) is 7.55. The van der Waals surface area contributed by atoms with E-state index in [-0.39, 0.29) is 11.9 Å². The van der Waals surface area contributed by atoms with Crippen LogP contribution in [0.1, 0.15) is 34.6 Å². The van der Waals surface area contributed by atoms with E-state index in [1.807, 2.05) is 0 Å². The van der Waals surface area contributed by atoms with E-state index in [0.717, 1.165) is 85.1 Å². The van der Waals surface area contributed by atoms with Crippen molar-refractivity contribution in [1.29, 1.82) is 0 Å². The number of rotatable bonds is 9. The van der Waals surface area contributed by atoms with Crippen molar-refractivity contribution in [1.82, 2.24) is 30.2 Å². The lowest BCUT2D eigenvalue weighted by Gasteiger charge is -2.34. The Morgan fingerprint density at radius 2 is 1.14 bits per heavy atom. The number of carbonyl (C=O) groups is 1. The molecule has 7 heteroatoms. The smallest absolute Gasteiger partial charge is 0.241 e. The summed E-state index contributed by atoms with van der Waals surface area (Å²) in [6, 6.07) is -0.140. The first-order chi connectivity index (χ1) is 13.6. The normalized spacial score (nSPS) is 20.5. The van der Waals surface area contributed by atoms with Gasteiger partial charge in [-0.3, -0.25) is 4.79 Å². The third-order valence-electron chi connectivity index (χ3n) is 5.84. The monoisotopic (exact) mass is 398 g/mol. The lowest BCUT2D eigenvalue weighted by atomic mass is 10.2. The van der Waals surface area contributed by atoms with Crippen LogP contribution in [0.25, 0.3) is 0 Å². The fraction of sp³-hybridized carbons (Fsp3) is 0.952. The molecule has 1 unspecified atom stereocenters. The van der Waals surface area contributed by atoms with Gasteiger partial charge in [-0.05, 0) is 32.7 Å². The van der Waals surface area contributed by atoms with E-state index in [1.54, 1.807) is 0 Å². The zero-order valence-electron chi connectivity index (χ0n) is 19.2. The predicted molar refractivity (Wildman–Crippen MR) is 119 cm³/mol. The number of amides is 1. The Labute approximate surface area is 173 Å². The van der Waals surface area contributed by atoms with Gasteiger partial charge in [0.2, 0.25) is 5.91 Å². The van der Waals surface area contributed by atoms with Crippen LogP contribution >= 0.6 is 0 Å². The first kappa shape index (κ1) is 25.3. The van der Waals surface area contributed by atoms with Gasteiger partial charge in [-0.2, -0.15) is 0 Å². The van der Waals surface area contributed by atoms with Crippen LogP contribution in [-0.2, 0) is 4.79 Å². The van der Waals surface area contributed by atoms with Crippen LogP contribution in [0.5, 0.6) is 0 Å². The zero-order valence-corrected chi connectivity index (χ0v) is 19.2. The minimum absolute atomic E-state index is 0.140. The van der Waals surface area contributed by atoms with E-state index >= 15 is 0 Å². The summed E-state index contributed by atoms with van der Waals surface area (Å²) in [5.41, 5.74) is 0. The lowest BCUT2D eigenvalue weighted by Crippen LogP contribution is -2.54. The van der Waals surface area contributed by atoms with Crippen LogP contribution in [0.2, 0.25) is 0 Å². The van der Waals surface area contributed by atoms with Crippen molar-refractivity contribution < 1.29 is 4.79 Å². The molecule has 2 N–H and O–H groups in total. The second-order valence-corrected chi connectivity index (χ2v) is 7.55. The topological polar surface area (TPSA) is 54.1 Å². The number of likely N-dealkylation sites (N-methyl/N-ethyl adjacent to an activating group) is 5. The molecule has 1 fully saturated rings. The van der Waals surface area contributed by atoms with Crippen LogP contribution in [0.15, 0.2) is 0 Å². The number of nitrogens with zero attached hydrogens (tertiary/aromatic N) is 4. The maximum absolute atomic E-state index is 13.3. The maximum Gasteiger partial charge on any atom is 0.241 e. The summed E-state index contributed by atoms with van der Waals surface area (Å²) in [7, 11) is 0.